The molecule has 2 aromatic rings. The molecule has 100 valence electrons. The van der Waals surface area contributed by atoms with Crippen molar-refractivity contribution in [2.75, 3.05) is 20.1 Å². The summed E-state index contributed by atoms with van der Waals surface area (Å²) in [6, 6.07) is 0. The fourth-order valence-corrected chi connectivity index (χ4v) is 2.69. The zero-order chi connectivity index (χ0) is 13.1. The molecule has 1 saturated heterocycles. The Kier molecular flexibility index (Phi) is 3.55. The van der Waals surface area contributed by atoms with Crippen LogP contribution >= 0.6 is 0 Å². The van der Waals surface area contributed by atoms with Crippen molar-refractivity contribution in [2.24, 2.45) is 5.92 Å². The van der Waals surface area contributed by atoms with Crippen LogP contribution in [0.25, 0.3) is 11.6 Å². The molecule has 1 fully saturated rings. The number of nitrogens with zero attached hydrogens (tertiary/aromatic N) is 4. The van der Waals surface area contributed by atoms with Gasteiger partial charge >= 0.3 is 0 Å². The summed E-state index contributed by atoms with van der Waals surface area (Å²) >= 11 is 0. The molecule has 0 spiro atoms. The van der Waals surface area contributed by atoms with E-state index in [0.29, 0.717) is 17.5 Å². The van der Waals surface area contributed by atoms with Gasteiger partial charge in [0, 0.05) is 12.7 Å². The molecular formula is C14H18N4O. The number of oxazole rings is 1. The van der Waals surface area contributed by atoms with E-state index in [1.165, 1.54) is 19.4 Å². The molecule has 5 heteroatoms. The first-order chi connectivity index (χ1) is 9.31. The molecule has 0 N–H and O–H groups in total. The van der Waals surface area contributed by atoms with Gasteiger partial charge in [-0.2, -0.15) is 0 Å². The number of rotatable bonds is 3. The van der Waals surface area contributed by atoms with Gasteiger partial charge < -0.3 is 9.32 Å². The Balaban J connectivity index is 1.73. The van der Waals surface area contributed by atoms with E-state index in [2.05, 4.69) is 26.9 Å². The topological polar surface area (TPSA) is 55.1 Å². The Hall–Kier alpha value is -1.75. The van der Waals surface area contributed by atoms with Crippen LogP contribution in [0.5, 0.6) is 0 Å². The summed E-state index contributed by atoms with van der Waals surface area (Å²) in [7, 11) is 2.18. The highest BCUT2D eigenvalue weighted by Crippen LogP contribution is 2.20. The smallest absolute Gasteiger partial charge is 0.246 e. The molecule has 19 heavy (non-hydrogen) atoms. The summed E-state index contributed by atoms with van der Waals surface area (Å²) in [4.78, 5) is 15.3. The van der Waals surface area contributed by atoms with E-state index in [4.69, 9.17) is 4.42 Å². The Morgan fingerprint density at radius 1 is 1.42 bits per heavy atom. The van der Waals surface area contributed by atoms with Crippen molar-refractivity contribution in [3.8, 4) is 11.6 Å². The third kappa shape index (κ3) is 2.98. The van der Waals surface area contributed by atoms with Crippen LogP contribution in [0.1, 0.15) is 18.5 Å². The zero-order valence-corrected chi connectivity index (χ0v) is 11.1. The van der Waals surface area contributed by atoms with Crippen molar-refractivity contribution in [1.82, 2.24) is 19.9 Å². The van der Waals surface area contributed by atoms with E-state index in [1.807, 2.05) is 6.20 Å². The summed E-state index contributed by atoms with van der Waals surface area (Å²) in [5.74, 6) is 1.21. The first kappa shape index (κ1) is 12.3. The van der Waals surface area contributed by atoms with Crippen molar-refractivity contribution in [3.63, 3.8) is 0 Å². The summed E-state index contributed by atoms with van der Waals surface area (Å²) in [6.45, 7) is 2.35. The van der Waals surface area contributed by atoms with Crippen LogP contribution in [0.4, 0.5) is 0 Å². The minimum atomic E-state index is 0.537. The second kappa shape index (κ2) is 5.48. The molecule has 0 unspecified atom stereocenters. The van der Waals surface area contributed by atoms with Gasteiger partial charge in [0.05, 0.1) is 18.1 Å². The lowest BCUT2D eigenvalue weighted by Gasteiger charge is -2.29. The molecule has 1 aliphatic heterocycles. The van der Waals surface area contributed by atoms with Gasteiger partial charge in [-0.05, 0) is 38.8 Å². The predicted molar refractivity (Wildman–Crippen MR) is 71.5 cm³/mol. The van der Waals surface area contributed by atoms with Crippen molar-refractivity contribution >= 4 is 0 Å². The SMILES string of the molecule is CN1CCC[C@H](Cc2cncc(-c3ncco3)n2)C1. The normalized spacial score (nSPS) is 20.6. The number of likely N-dealkylation sites (tertiary alicyclic amines) is 1. The molecule has 5 nitrogen and oxygen atoms in total. The second-order valence-corrected chi connectivity index (χ2v) is 5.21. The van der Waals surface area contributed by atoms with Crippen LogP contribution in [-0.4, -0.2) is 40.0 Å². The van der Waals surface area contributed by atoms with Crippen molar-refractivity contribution in [1.29, 1.82) is 0 Å². The highest BCUT2D eigenvalue weighted by Gasteiger charge is 2.18. The maximum atomic E-state index is 5.26. The van der Waals surface area contributed by atoms with Crippen LogP contribution in [0.3, 0.4) is 0 Å². The van der Waals surface area contributed by atoms with Gasteiger partial charge in [-0.15, -0.1) is 0 Å². The average Bonchev–Trinajstić information content (AvgIpc) is 2.93. The Labute approximate surface area is 112 Å². The van der Waals surface area contributed by atoms with Crippen molar-refractivity contribution < 1.29 is 4.42 Å². The number of hydrogen-bond acceptors (Lipinski definition) is 5. The molecule has 0 amide bonds. The van der Waals surface area contributed by atoms with Gasteiger partial charge in [0.1, 0.15) is 12.0 Å². The first-order valence-corrected chi connectivity index (χ1v) is 6.70. The molecule has 1 atom stereocenters. The number of aromatic nitrogens is 3. The highest BCUT2D eigenvalue weighted by atomic mass is 16.3. The van der Waals surface area contributed by atoms with E-state index < -0.39 is 0 Å². The quantitative estimate of drug-likeness (QED) is 0.843. The number of piperidine rings is 1. The first-order valence-electron chi connectivity index (χ1n) is 6.70. The van der Waals surface area contributed by atoms with Crippen molar-refractivity contribution in [2.45, 2.75) is 19.3 Å². The standard InChI is InChI=1S/C14H18N4O/c1-18-5-2-3-11(10-18)7-12-8-15-9-13(17-12)14-16-4-6-19-14/h4,6,8-9,11H,2-3,5,7,10H2,1H3/t11-/m1/s1. The highest BCUT2D eigenvalue weighted by molar-refractivity contribution is 5.44. The largest absolute Gasteiger partial charge is 0.443 e. The average molecular weight is 258 g/mol. The maximum absolute atomic E-state index is 5.26. The zero-order valence-electron chi connectivity index (χ0n) is 11.1. The van der Waals surface area contributed by atoms with Gasteiger partial charge in [-0.25, -0.2) is 9.97 Å². The molecule has 1 aliphatic rings. The van der Waals surface area contributed by atoms with Crippen LogP contribution < -0.4 is 0 Å². The lowest BCUT2D eigenvalue weighted by Crippen LogP contribution is -2.33. The predicted octanol–water partition coefficient (Wildman–Crippen LogP) is 2.02. The van der Waals surface area contributed by atoms with Gasteiger partial charge in [0.2, 0.25) is 5.89 Å². The van der Waals surface area contributed by atoms with Gasteiger partial charge in [-0.3, -0.25) is 4.98 Å². The molecule has 0 aliphatic carbocycles. The summed E-state index contributed by atoms with van der Waals surface area (Å²) in [5, 5.41) is 0. The van der Waals surface area contributed by atoms with Gasteiger partial charge in [-0.1, -0.05) is 0 Å². The van der Waals surface area contributed by atoms with Crippen LogP contribution in [0.15, 0.2) is 29.3 Å². The maximum Gasteiger partial charge on any atom is 0.246 e. The molecule has 3 heterocycles. The van der Waals surface area contributed by atoms with E-state index in [0.717, 1.165) is 18.7 Å². The molecule has 2 aromatic heterocycles. The van der Waals surface area contributed by atoms with Crippen LogP contribution in [0.2, 0.25) is 0 Å². The lowest BCUT2D eigenvalue weighted by molar-refractivity contribution is 0.208. The Bertz CT molecular complexity index is 526. The van der Waals surface area contributed by atoms with Gasteiger partial charge in [0.15, 0.2) is 0 Å². The van der Waals surface area contributed by atoms with E-state index in [9.17, 15) is 0 Å². The fourth-order valence-electron chi connectivity index (χ4n) is 2.69. The molecular weight excluding hydrogens is 240 g/mol. The molecule has 3 rings (SSSR count). The van der Waals surface area contributed by atoms with Crippen LogP contribution in [-0.2, 0) is 6.42 Å². The molecule has 0 radical (unpaired) electrons. The third-order valence-corrected chi connectivity index (χ3v) is 3.56. The monoisotopic (exact) mass is 258 g/mol. The van der Waals surface area contributed by atoms with Crippen molar-refractivity contribution in [3.05, 3.63) is 30.5 Å². The molecule has 0 aromatic carbocycles. The van der Waals surface area contributed by atoms with E-state index in [1.54, 1.807) is 18.7 Å². The minimum Gasteiger partial charge on any atom is -0.443 e. The van der Waals surface area contributed by atoms with E-state index >= 15 is 0 Å². The third-order valence-electron chi connectivity index (χ3n) is 3.56. The summed E-state index contributed by atoms with van der Waals surface area (Å²) in [5.41, 5.74) is 1.74. The summed E-state index contributed by atoms with van der Waals surface area (Å²) < 4.78 is 5.26. The van der Waals surface area contributed by atoms with Crippen LogP contribution in [0, 0.1) is 5.92 Å². The molecule has 0 bridgehead atoms. The fraction of sp³-hybridized carbons (Fsp3) is 0.500. The van der Waals surface area contributed by atoms with Gasteiger partial charge in [0.25, 0.3) is 0 Å². The summed E-state index contributed by atoms with van der Waals surface area (Å²) in [6.07, 6.45) is 10.2. The lowest BCUT2D eigenvalue weighted by atomic mass is 9.94. The Morgan fingerprint density at radius 2 is 2.37 bits per heavy atom. The molecule has 0 saturated carbocycles. The van der Waals surface area contributed by atoms with E-state index in [-0.39, 0.29) is 0 Å². The minimum absolute atomic E-state index is 0.537. The second-order valence-electron chi connectivity index (χ2n) is 5.21. The Morgan fingerprint density at radius 3 is 3.16 bits per heavy atom. The number of hydrogen-bond donors (Lipinski definition) is 0.